The van der Waals surface area contributed by atoms with Gasteiger partial charge in [0.1, 0.15) is 5.75 Å². The van der Waals surface area contributed by atoms with Crippen molar-refractivity contribution in [3.8, 4) is 5.75 Å². The molecule has 0 aromatic heterocycles. The van der Waals surface area contributed by atoms with Crippen molar-refractivity contribution in [2.24, 2.45) is 0 Å². The van der Waals surface area contributed by atoms with Gasteiger partial charge in [-0.15, -0.1) is 0 Å². The maximum absolute atomic E-state index is 13.1. The number of benzene rings is 2. The lowest BCUT2D eigenvalue weighted by Gasteiger charge is -2.30. The van der Waals surface area contributed by atoms with Crippen LogP contribution in [0.25, 0.3) is 0 Å². The molecule has 1 atom stereocenters. The Morgan fingerprint density at radius 3 is 2.56 bits per heavy atom. The van der Waals surface area contributed by atoms with E-state index in [9.17, 15) is 4.79 Å². The van der Waals surface area contributed by atoms with Crippen LogP contribution in [0.4, 0.5) is 5.69 Å². The Morgan fingerprint density at radius 2 is 1.85 bits per heavy atom. The molecule has 1 heterocycles. The number of allylic oxidation sites excluding steroid dienone is 1. The van der Waals surface area contributed by atoms with Crippen LogP contribution in [-0.4, -0.2) is 18.1 Å². The highest BCUT2D eigenvalue weighted by atomic mass is 32.1. The molecule has 2 aromatic carbocycles. The number of anilines is 1. The summed E-state index contributed by atoms with van der Waals surface area (Å²) in [5.41, 5.74) is 5.06. The van der Waals surface area contributed by atoms with Crippen molar-refractivity contribution in [1.29, 1.82) is 0 Å². The van der Waals surface area contributed by atoms with Crippen molar-refractivity contribution >= 4 is 28.9 Å². The minimum Gasteiger partial charge on any atom is -0.496 e. The van der Waals surface area contributed by atoms with Gasteiger partial charge in [-0.3, -0.25) is 4.79 Å². The Morgan fingerprint density at radius 1 is 1.11 bits per heavy atom. The molecule has 1 aliphatic heterocycles. The van der Waals surface area contributed by atoms with E-state index in [2.05, 4.69) is 16.0 Å². The van der Waals surface area contributed by atoms with Crippen molar-refractivity contribution in [3.05, 3.63) is 70.4 Å². The third-order valence-electron chi connectivity index (χ3n) is 4.67. The molecule has 0 saturated carbocycles. The van der Waals surface area contributed by atoms with Crippen molar-refractivity contribution in [3.63, 3.8) is 0 Å². The lowest BCUT2D eigenvalue weighted by molar-refractivity contribution is -0.113. The third kappa shape index (κ3) is 3.95. The Balaban J connectivity index is 1.99. The first-order valence-electron chi connectivity index (χ1n) is 8.70. The summed E-state index contributed by atoms with van der Waals surface area (Å²) >= 11 is 5.32. The Labute approximate surface area is 164 Å². The molecular weight excluding hydrogens is 358 g/mol. The van der Waals surface area contributed by atoms with Crippen LogP contribution < -0.4 is 20.7 Å². The van der Waals surface area contributed by atoms with Gasteiger partial charge < -0.3 is 20.7 Å². The number of thiocarbonyl (C=S) groups is 1. The van der Waals surface area contributed by atoms with Gasteiger partial charge in [-0.25, -0.2) is 0 Å². The number of carbonyl (C=O) groups is 1. The molecule has 0 saturated heterocycles. The number of aryl methyl sites for hydroxylation is 2. The van der Waals surface area contributed by atoms with Gasteiger partial charge in [0.05, 0.1) is 18.7 Å². The van der Waals surface area contributed by atoms with Crippen molar-refractivity contribution in [2.75, 3.05) is 12.4 Å². The smallest absolute Gasteiger partial charge is 0.255 e. The zero-order valence-corrected chi connectivity index (χ0v) is 16.7. The fraction of sp³-hybridized carbons (Fsp3) is 0.238. The zero-order valence-electron chi connectivity index (χ0n) is 15.8. The molecular formula is C21H23N3O2S. The van der Waals surface area contributed by atoms with Crippen LogP contribution in [0.2, 0.25) is 0 Å². The Hall–Kier alpha value is -2.86. The molecule has 1 amide bonds. The molecule has 6 heteroatoms. The van der Waals surface area contributed by atoms with Crippen LogP contribution in [0.5, 0.6) is 5.75 Å². The van der Waals surface area contributed by atoms with E-state index < -0.39 is 0 Å². The Kier molecular flexibility index (Phi) is 5.46. The van der Waals surface area contributed by atoms with Crippen LogP contribution in [-0.2, 0) is 4.79 Å². The molecule has 0 bridgehead atoms. The molecule has 27 heavy (non-hydrogen) atoms. The average Bonchev–Trinajstić information content (AvgIpc) is 2.63. The van der Waals surface area contributed by atoms with E-state index in [0.717, 1.165) is 33.8 Å². The van der Waals surface area contributed by atoms with Gasteiger partial charge in [0.2, 0.25) is 0 Å². The molecule has 2 aromatic rings. The number of para-hydroxylation sites is 1. The lowest BCUT2D eigenvalue weighted by Crippen LogP contribution is -2.45. The molecule has 3 rings (SSSR count). The Bertz CT molecular complexity index is 937. The van der Waals surface area contributed by atoms with E-state index in [4.69, 9.17) is 17.0 Å². The third-order valence-corrected chi connectivity index (χ3v) is 4.89. The largest absolute Gasteiger partial charge is 0.496 e. The fourth-order valence-corrected chi connectivity index (χ4v) is 3.43. The number of amides is 1. The number of hydrogen-bond donors (Lipinski definition) is 3. The SMILES string of the molecule is COc1cc(C2NC(=S)NC(C)=C2C(=O)Nc2ccccc2C)ccc1C. The number of ether oxygens (including phenoxy) is 1. The summed E-state index contributed by atoms with van der Waals surface area (Å²) in [5, 5.41) is 9.77. The summed E-state index contributed by atoms with van der Waals surface area (Å²) in [6, 6.07) is 13.2. The number of nitrogens with one attached hydrogen (secondary N) is 3. The monoisotopic (exact) mass is 381 g/mol. The predicted molar refractivity (Wildman–Crippen MR) is 112 cm³/mol. The maximum Gasteiger partial charge on any atom is 0.255 e. The summed E-state index contributed by atoms with van der Waals surface area (Å²) in [7, 11) is 1.64. The van der Waals surface area contributed by atoms with E-state index in [-0.39, 0.29) is 11.9 Å². The summed E-state index contributed by atoms with van der Waals surface area (Å²) in [5.74, 6) is 0.601. The molecule has 5 nitrogen and oxygen atoms in total. The second-order valence-corrected chi connectivity index (χ2v) is 6.98. The van der Waals surface area contributed by atoms with Crippen molar-refractivity contribution in [1.82, 2.24) is 10.6 Å². The van der Waals surface area contributed by atoms with Gasteiger partial charge in [-0.2, -0.15) is 0 Å². The molecule has 0 radical (unpaired) electrons. The summed E-state index contributed by atoms with van der Waals surface area (Å²) in [6.45, 7) is 5.81. The second-order valence-electron chi connectivity index (χ2n) is 6.57. The average molecular weight is 382 g/mol. The van der Waals surface area contributed by atoms with Crippen LogP contribution in [0, 0.1) is 13.8 Å². The predicted octanol–water partition coefficient (Wildman–Crippen LogP) is 3.74. The first-order valence-corrected chi connectivity index (χ1v) is 9.11. The standard InChI is InChI=1S/C21H23N3O2S/c1-12-7-5-6-8-16(12)23-20(25)18-14(3)22-21(27)24-19(18)15-10-9-13(2)17(11-15)26-4/h5-11,19H,1-4H3,(H,23,25)(H2,22,24,27). The lowest BCUT2D eigenvalue weighted by atomic mass is 9.94. The first-order chi connectivity index (χ1) is 12.9. The van der Waals surface area contributed by atoms with Gasteiger partial charge in [-0.05, 0) is 61.8 Å². The van der Waals surface area contributed by atoms with Gasteiger partial charge in [0, 0.05) is 11.4 Å². The highest BCUT2D eigenvalue weighted by molar-refractivity contribution is 7.80. The number of methoxy groups -OCH3 is 1. The van der Waals surface area contributed by atoms with Crippen LogP contribution >= 0.6 is 12.2 Å². The molecule has 0 spiro atoms. The van der Waals surface area contributed by atoms with Crippen molar-refractivity contribution in [2.45, 2.75) is 26.8 Å². The van der Waals surface area contributed by atoms with Gasteiger partial charge in [0.25, 0.3) is 5.91 Å². The van der Waals surface area contributed by atoms with Crippen molar-refractivity contribution < 1.29 is 9.53 Å². The summed E-state index contributed by atoms with van der Waals surface area (Å²) in [4.78, 5) is 13.1. The number of carbonyl (C=O) groups excluding carboxylic acids is 1. The van der Waals surface area contributed by atoms with E-state index in [1.165, 1.54) is 0 Å². The van der Waals surface area contributed by atoms with Crippen LogP contribution in [0.3, 0.4) is 0 Å². The first kappa shape index (κ1) is 18.9. The normalized spacial score (nSPS) is 16.4. The molecule has 3 N–H and O–H groups in total. The second kappa shape index (κ2) is 7.80. The minimum atomic E-state index is -0.364. The van der Waals surface area contributed by atoms with Crippen LogP contribution in [0.15, 0.2) is 53.7 Å². The van der Waals surface area contributed by atoms with E-state index in [1.807, 2.05) is 63.2 Å². The quantitative estimate of drug-likeness (QED) is 0.704. The zero-order chi connectivity index (χ0) is 19.6. The summed E-state index contributed by atoms with van der Waals surface area (Å²) in [6.07, 6.45) is 0. The van der Waals surface area contributed by atoms with E-state index in [0.29, 0.717) is 10.7 Å². The molecule has 1 aliphatic rings. The highest BCUT2D eigenvalue weighted by Crippen LogP contribution is 2.31. The minimum absolute atomic E-state index is 0.172. The number of rotatable bonds is 4. The van der Waals surface area contributed by atoms with Gasteiger partial charge in [0.15, 0.2) is 5.11 Å². The topological polar surface area (TPSA) is 62.4 Å². The van der Waals surface area contributed by atoms with Gasteiger partial charge >= 0.3 is 0 Å². The van der Waals surface area contributed by atoms with Gasteiger partial charge in [-0.1, -0.05) is 30.3 Å². The molecule has 140 valence electrons. The molecule has 0 aliphatic carbocycles. The fourth-order valence-electron chi connectivity index (χ4n) is 3.16. The number of hydrogen-bond acceptors (Lipinski definition) is 3. The molecule has 1 unspecified atom stereocenters. The highest BCUT2D eigenvalue weighted by Gasteiger charge is 2.30. The molecule has 0 fully saturated rings. The van der Waals surface area contributed by atoms with Crippen LogP contribution in [0.1, 0.15) is 29.7 Å². The van der Waals surface area contributed by atoms with E-state index in [1.54, 1.807) is 7.11 Å². The maximum atomic E-state index is 13.1. The van der Waals surface area contributed by atoms with E-state index >= 15 is 0 Å². The summed E-state index contributed by atoms with van der Waals surface area (Å²) < 4.78 is 5.44.